The molecule has 0 aromatic heterocycles. The minimum Gasteiger partial charge on any atom is -0.383 e. The van der Waals surface area contributed by atoms with Crippen molar-refractivity contribution in [2.45, 2.75) is 26.3 Å². The molecule has 2 rings (SSSR count). The van der Waals surface area contributed by atoms with Crippen LogP contribution in [-0.2, 0) is 6.42 Å². The number of benzene rings is 1. The van der Waals surface area contributed by atoms with E-state index in [2.05, 4.69) is 49.3 Å². The molecule has 1 heterocycles. The third kappa shape index (κ3) is 1.69. The highest BCUT2D eigenvalue weighted by Crippen LogP contribution is 2.29. The summed E-state index contributed by atoms with van der Waals surface area (Å²) in [5.41, 5.74) is 4.10. The van der Waals surface area contributed by atoms with Gasteiger partial charge >= 0.3 is 0 Å². The highest BCUT2D eigenvalue weighted by atomic mass is 15.1. The summed E-state index contributed by atoms with van der Waals surface area (Å²) in [4.78, 5) is 2.31. The maximum atomic E-state index is 3.43. The molecule has 0 spiro atoms. The van der Waals surface area contributed by atoms with E-state index in [-0.39, 0.29) is 0 Å². The van der Waals surface area contributed by atoms with Gasteiger partial charge in [0.15, 0.2) is 0 Å². The second-order valence-electron chi connectivity index (χ2n) is 4.31. The van der Waals surface area contributed by atoms with Crippen molar-refractivity contribution in [1.82, 2.24) is 0 Å². The minimum absolute atomic E-state index is 0.507. The van der Waals surface area contributed by atoms with E-state index in [0.717, 1.165) is 6.54 Å². The van der Waals surface area contributed by atoms with Crippen LogP contribution < -0.4 is 10.2 Å². The van der Waals surface area contributed by atoms with Gasteiger partial charge < -0.3 is 10.2 Å². The monoisotopic (exact) mass is 190 g/mol. The quantitative estimate of drug-likeness (QED) is 0.770. The number of nitrogens with one attached hydrogen (secondary N) is 1. The Hall–Kier alpha value is -1.18. The van der Waals surface area contributed by atoms with Crippen LogP contribution in [0.2, 0.25) is 0 Å². The average Bonchev–Trinajstić information content (AvgIpc) is 2.46. The second-order valence-corrected chi connectivity index (χ2v) is 4.31. The fourth-order valence-corrected chi connectivity index (χ4v) is 1.99. The van der Waals surface area contributed by atoms with Crippen LogP contribution in [0.3, 0.4) is 0 Å². The zero-order valence-electron chi connectivity index (χ0n) is 9.17. The smallest absolute Gasteiger partial charge is 0.0398 e. The number of nitrogens with zero attached hydrogens (tertiary/aromatic N) is 1. The van der Waals surface area contributed by atoms with Gasteiger partial charge in [-0.2, -0.15) is 0 Å². The Morgan fingerprint density at radius 1 is 1.36 bits per heavy atom. The Morgan fingerprint density at radius 2 is 2.14 bits per heavy atom. The minimum atomic E-state index is 0.507. The van der Waals surface area contributed by atoms with Gasteiger partial charge in [-0.05, 0) is 44.0 Å². The number of hydrogen-bond donors (Lipinski definition) is 1. The highest BCUT2D eigenvalue weighted by molar-refractivity contribution is 5.63. The lowest BCUT2D eigenvalue weighted by molar-refractivity contribution is 0.899. The van der Waals surface area contributed by atoms with Crippen molar-refractivity contribution in [2.24, 2.45) is 0 Å². The second kappa shape index (κ2) is 3.52. The Bertz CT molecular complexity index is 331. The van der Waals surface area contributed by atoms with Gasteiger partial charge in [0.1, 0.15) is 0 Å². The molecule has 2 nitrogen and oxygen atoms in total. The molecule has 14 heavy (non-hydrogen) atoms. The molecule has 0 radical (unpaired) electrons. The summed E-state index contributed by atoms with van der Waals surface area (Å²) in [5, 5.41) is 3.43. The van der Waals surface area contributed by atoms with E-state index >= 15 is 0 Å². The van der Waals surface area contributed by atoms with Crippen LogP contribution in [0.25, 0.3) is 0 Å². The van der Waals surface area contributed by atoms with Gasteiger partial charge in [0.05, 0.1) is 0 Å². The molecule has 76 valence electrons. The topological polar surface area (TPSA) is 15.3 Å². The van der Waals surface area contributed by atoms with Crippen molar-refractivity contribution in [3.05, 3.63) is 23.8 Å². The molecule has 0 atom stereocenters. The van der Waals surface area contributed by atoms with E-state index in [1.807, 2.05) is 0 Å². The lowest BCUT2D eigenvalue weighted by atomic mass is 10.1. The van der Waals surface area contributed by atoms with E-state index in [4.69, 9.17) is 0 Å². The Kier molecular flexibility index (Phi) is 2.36. The van der Waals surface area contributed by atoms with Crippen molar-refractivity contribution in [3.63, 3.8) is 0 Å². The summed E-state index contributed by atoms with van der Waals surface area (Å²) >= 11 is 0. The van der Waals surface area contributed by atoms with Crippen molar-refractivity contribution >= 4 is 11.4 Å². The third-order valence-corrected chi connectivity index (χ3v) is 2.66. The molecule has 0 unspecified atom stereocenters. The van der Waals surface area contributed by atoms with Crippen LogP contribution in [0.1, 0.15) is 19.4 Å². The predicted octanol–water partition coefficient (Wildman–Crippen LogP) is 2.50. The number of likely N-dealkylation sites (N-methyl/N-ethyl adjacent to an activating group) is 1. The van der Waals surface area contributed by atoms with Gasteiger partial charge in [0.25, 0.3) is 0 Å². The van der Waals surface area contributed by atoms with Crippen LogP contribution in [0.15, 0.2) is 18.2 Å². The van der Waals surface area contributed by atoms with Crippen LogP contribution in [0.5, 0.6) is 0 Å². The lowest BCUT2D eigenvalue weighted by Crippen LogP contribution is -2.12. The van der Waals surface area contributed by atoms with Crippen molar-refractivity contribution < 1.29 is 0 Å². The first-order chi connectivity index (χ1) is 6.66. The summed E-state index contributed by atoms with van der Waals surface area (Å²) < 4.78 is 0. The van der Waals surface area contributed by atoms with E-state index in [0.29, 0.717) is 6.04 Å². The fourth-order valence-electron chi connectivity index (χ4n) is 1.99. The molecular weight excluding hydrogens is 172 g/mol. The fraction of sp³-hybridized carbons (Fsp3) is 0.500. The molecule has 1 aliphatic heterocycles. The standard InChI is InChI=1S/C12H18N2/c1-9(2)13-11-4-5-12-10(8-11)6-7-14(12)3/h4-5,8-9,13H,6-7H2,1-3H3. The van der Waals surface area contributed by atoms with Gasteiger partial charge in [-0.1, -0.05) is 0 Å². The predicted molar refractivity (Wildman–Crippen MR) is 62.2 cm³/mol. The van der Waals surface area contributed by atoms with Gasteiger partial charge in [-0.15, -0.1) is 0 Å². The Labute approximate surface area is 85.9 Å². The van der Waals surface area contributed by atoms with Gasteiger partial charge in [-0.25, -0.2) is 0 Å². The molecule has 2 heteroatoms. The highest BCUT2D eigenvalue weighted by Gasteiger charge is 2.15. The SMILES string of the molecule is CC(C)Nc1ccc2c(c1)CCN2C. The van der Waals surface area contributed by atoms with E-state index < -0.39 is 0 Å². The lowest BCUT2D eigenvalue weighted by Gasteiger charge is -2.14. The molecule has 0 aliphatic carbocycles. The number of rotatable bonds is 2. The molecule has 1 N–H and O–H groups in total. The normalized spacial score (nSPS) is 14.7. The van der Waals surface area contributed by atoms with Gasteiger partial charge in [-0.3, -0.25) is 0 Å². The zero-order valence-corrected chi connectivity index (χ0v) is 9.17. The van der Waals surface area contributed by atoms with Gasteiger partial charge in [0, 0.05) is 31.0 Å². The summed E-state index contributed by atoms with van der Waals surface area (Å²) in [6.07, 6.45) is 1.18. The van der Waals surface area contributed by atoms with Crippen LogP contribution in [-0.4, -0.2) is 19.6 Å². The summed E-state index contributed by atoms with van der Waals surface area (Å²) in [6, 6.07) is 7.17. The zero-order chi connectivity index (χ0) is 10.1. The maximum absolute atomic E-state index is 3.43. The van der Waals surface area contributed by atoms with Crippen molar-refractivity contribution in [1.29, 1.82) is 0 Å². The first-order valence-electron chi connectivity index (χ1n) is 5.27. The molecular formula is C12H18N2. The number of hydrogen-bond acceptors (Lipinski definition) is 2. The first-order valence-corrected chi connectivity index (χ1v) is 5.27. The number of fused-ring (bicyclic) bond motifs is 1. The van der Waals surface area contributed by atoms with E-state index in [9.17, 15) is 0 Å². The first kappa shape index (κ1) is 9.38. The van der Waals surface area contributed by atoms with E-state index in [1.54, 1.807) is 0 Å². The van der Waals surface area contributed by atoms with Crippen LogP contribution in [0.4, 0.5) is 11.4 Å². The molecule has 1 aromatic rings. The van der Waals surface area contributed by atoms with Crippen LogP contribution >= 0.6 is 0 Å². The summed E-state index contributed by atoms with van der Waals surface area (Å²) in [5.74, 6) is 0. The molecule has 1 aromatic carbocycles. The van der Waals surface area contributed by atoms with Crippen molar-refractivity contribution in [2.75, 3.05) is 23.8 Å². The van der Waals surface area contributed by atoms with Gasteiger partial charge in [0.2, 0.25) is 0 Å². The average molecular weight is 190 g/mol. The largest absolute Gasteiger partial charge is 0.383 e. The van der Waals surface area contributed by atoms with E-state index in [1.165, 1.54) is 23.4 Å². The third-order valence-electron chi connectivity index (χ3n) is 2.66. The summed E-state index contributed by atoms with van der Waals surface area (Å²) in [7, 11) is 2.15. The Balaban J connectivity index is 2.24. The summed E-state index contributed by atoms with van der Waals surface area (Å²) in [6.45, 7) is 5.49. The molecule has 0 fully saturated rings. The number of anilines is 2. The molecule has 0 saturated heterocycles. The molecule has 0 amide bonds. The molecule has 0 bridgehead atoms. The Morgan fingerprint density at radius 3 is 2.86 bits per heavy atom. The maximum Gasteiger partial charge on any atom is 0.0398 e. The molecule has 1 aliphatic rings. The van der Waals surface area contributed by atoms with Crippen LogP contribution in [0, 0.1) is 0 Å². The van der Waals surface area contributed by atoms with Crippen molar-refractivity contribution in [3.8, 4) is 0 Å². The molecule has 0 saturated carbocycles.